The molecule has 1 saturated carbocycles. The van der Waals surface area contributed by atoms with Crippen molar-refractivity contribution in [2.45, 2.75) is 44.6 Å². The van der Waals surface area contributed by atoms with E-state index in [2.05, 4.69) is 15.1 Å². The van der Waals surface area contributed by atoms with Gasteiger partial charge in [0.05, 0.1) is 12.5 Å². The Kier molecular flexibility index (Phi) is 6.70. The summed E-state index contributed by atoms with van der Waals surface area (Å²) in [6, 6.07) is 10.2. The van der Waals surface area contributed by atoms with Crippen LogP contribution in [0.15, 0.2) is 30.3 Å². The Labute approximate surface area is 173 Å². The summed E-state index contributed by atoms with van der Waals surface area (Å²) >= 11 is 0. The zero-order valence-electron chi connectivity index (χ0n) is 17.2. The van der Waals surface area contributed by atoms with Gasteiger partial charge in [-0.15, -0.1) is 0 Å². The van der Waals surface area contributed by atoms with Crippen LogP contribution in [0.4, 0.5) is 0 Å². The maximum Gasteiger partial charge on any atom is 0.225 e. The SMILES string of the molecule is O=C(NCCOc1ccccc1)[C@@H]1CCCN(C2CCN(C(=O)C3CC3)CC2)C1. The predicted octanol–water partition coefficient (Wildman–Crippen LogP) is 2.29. The van der Waals surface area contributed by atoms with Gasteiger partial charge in [-0.3, -0.25) is 14.5 Å². The summed E-state index contributed by atoms with van der Waals surface area (Å²) in [5, 5.41) is 3.04. The fourth-order valence-electron chi connectivity index (χ4n) is 4.60. The van der Waals surface area contributed by atoms with Gasteiger partial charge in [0, 0.05) is 31.6 Å². The minimum Gasteiger partial charge on any atom is -0.492 e. The quantitative estimate of drug-likeness (QED) is 0.715. The molecule has 1 atom stereocenters. The average molecular weight is 400 g/mol. The first kappa shape index (κ1) is 20.2. The molecule has 6 nitrogen and oxygen atoms in total. The Morgan fingerprint density at radius 3 is 2.45 bits per heavy atom. The predicted molar refractivity (Wildman–Crippen MR) is 112 cm³/mol. The summed E-state index contributed by atoms with van der Waals surface area (Å²) in [4.78, 5) is 29.4. The minimum atomic E-state index is 0.0617. The van der Waals surface area contributed by atoms with Crippen LogP contribution in [0.25, 0.3) is 0 Å². The van der Waals surface area contributed by atoms with Crippen molar-refractivity contribution in [2.24, 2.45) is 11.8 Å². The molecular weight excluding hydrogens is 366 g/mol. The van der Waals surface area contributed by atoms with Crippen LogP contribution in [0, 0.1) is 11.8 Å². The van der Waals surface area contributed by atoms with E-state index in [1.54, 1.807) is 0 Å². The van der Waals surface area contributed by atoms with Crippen molar-refractivity contribution in [3.8, 4) is 5.75 Å². The Bertz CT molecular complexity index is 684. The molecule has 1 aromatic carbocycles. The first-order chi connectivity index (χ1) is 14.2. The van der Waals surface area contributed by atoms with Gasteiger partial charge >= 0.3 is 0 Å². The molecule has 0 radical (unpaired) electrons. The molecule has 6 heteroatoms. The molecule has 4 rings (SSSR count). The standard InChI is InChI=1S/C23H33N3O3/c27-22(24-12-16-29-21-6-2-1-3-7-21)19-5-4-13-26(17-19)20-10-14-25(15-11-20)23(28)18-8-9-18/h1-3,6-7,18-20H,4-5,8-17H2,(H,24,27)/t19-/m1/s1. The fraction of sp³-hybridized carbons (Fsp3) is 0.652. The zero-order valence-corrected chi connectivity index (χ0v) is 17.2. The third-order valence-electron chi connectivity index (χ3n) is 6.46. The van der Waals surface area contributed by atoms with Gasteiger partial charge in [-0.2, -0.15) is 0 Å². The third kappa shape index (κ3) is 5.50. The first-order valence-electron chi connectivity index (χ1n) is 11.2. The average Bonchev–Trinajstić information content (AvgIpc) is 3.62. The van der Waals surface area contributed by atoms with E-state index in [0.717, 1.165) is 70.5 Å². The van der Waals surface area contributed by atoms with Crippen LogP contribution in [-0.2, 0) is 9.59 Å². The van der Waals surface area contributed by atoms with E-state index in [9.17, 15) is 9.59 Å². The van der Waals surface area contributed by atoms with Crippen LogP contribution in [0.5, 0.6) is 5.75 Å². The van der Waals surface area contributed by atoms with Gasteiger partial charge in [-0.25, -0.2) is 0 Å². The number of carbonyl (C=O) groups is 2. The Balaban J connectivity index is 1.17. The molecule has 1 N–H and O–H groups in total. The lowest BCUT2D eigenvalue weighted by molar-refractivity contribution is -0.134. The molecule has 0 bridgehead atoms. The van der Waals surface area contributed by atoms with Gasteiger partial charge in [0.2, 0.25) is 11.8 Å². The summed E-state index contributed by atoms with van der Waals surface area (Å²) in [7, 11) is 0. The van der Waals surface area contributed by atoms with Crippen molar-refractivity contribution in [3.63, 3.8) is 0 Å². The van der Waals surface area contributed by atoms with Crippen LogP contribution in [0.2, 0.25) is 0 Å². The van der Waals surface area contributed by atoms with E-state index in [4.69, 9.17) is 4.74 Å². The number of hydrogen-bond donors (Lipinski definition) is 1. The summed E-state index contributed by atoms with van der Waals surface area (Å²) in [5.41, 5.74) is 0. The van der Waals surface area contributed by atoms with Gasteiger partial charge in [-0.1, -0.05) is 18.2 Å². The summed E-state index contributed by atoms with van der Waals surface area (Å²) in [5.74, 6) is 1.73. The molecule has 1 aliphatic carbocycles. The van der Waals surface area contributed by atoms with Gasteiger partial charge < -0.3 is 15.0 Å². The Hall–Kier alpha value is -2.08. The van der Waals surface area contributed by atoms with E-state index in [1.807, 2.05) is 30.3 Å². The van der Waals surface area contributed by atoms with Crippen molar-refractivity contribution in [1.29, 1.82) is 0 Å². The Morgan fingerprint density at radius 1 is 0.966 bits per heavy atom. The lowest BCUT2D eigenvalue weighted by Gasteiger charge is -2.42. The second kappa shape index (κ2) is 9.61. The molecule has 2 amide bonds. The zero-order chi connectivity index (χ0) is 20.1. The molecule has 0 unspecified atom stereocenters. The second-order valence-electron chi connectivity index (χ2n) is 8.62. The van der Waals surface area contributed by atoms with Gasteiger partial charge in [-0.05, 0) is 57.2 Å². The minimum absolute atomic E-state index is 0.0617. The molecule has 2 heterocycles. The van der Waals surface area contributed by atoms with Crippen molar-refractivity contribution < 1.29 is 14.3 Å². The van der Waals surface area contributed by atoms with Gasteiger partial charge in [0.1, 0.15) is 12.4 Å². The number of para-hydroxylation sites is 1. The lowest BCUT2D eigenvalue weighted by Crippen LogP contribution is -2.51. The van der Waals surface area contributed by atoms with Crippen molar-refractivity contribution in [2.75, 3.05) is 39.3 Å². The highest BCUT2D eigenvalue weighted by Crippen LogP contribution is 2.32. The lowest BCUT2D eigenvalue weighted by atomic mass is 9.93. The van der Waals surface area contributed by atoms with E-state index >= 15 is 0 Å². The fourth-order valence-corrected chi connectivity index (χ4v) is 4.60. The Morgan fingerprint density at radius 2 is 1.72 bits per heavy atom. The number of nitrogens with zero attached hydrogens (tertiary/aromatic N) is 2. The maximum atomic E-state index is 12.6. The van der Waals surface area contributed by atoms with Crippen LogP contribution >= 0.6 is 0 Å². The number of carbonyl (C=O) groups excluding carboxylic acids is 2. The number of likely N-dealkylation sites (tertiary alicyclic amines) is 2. The summed E-state index contributed by atoms with van der Waals surface area (Å²) in [6.07, 6.45) is 6.27. The highest BCUT2D eigenvalue weighted by atomic mass is 16.5. The molecule has 158 valence electrons. The van der Waals surface area contributed by atoms with E-state index in [0.29, 0.717) is 31.0 Å². The van der Waals surface area contributed by atoms with Crippen LogP contribution < -0.4 is 10.1 Å². The van der Waals surface area contributed by atoms with Gasteiger partial charge in [0.25, 0.3) is 0 Å². The number of ether oxygens (including phenoxy) is 1. The molecule has 1 aromatic rings. The second-order valence-corrected chi connectivity index (χ2v) is 8.62. The molecule has 0 aromatic heterocycles. The molecular formula is C23H33N3O3. The van der Waals surface area contributed by atoms with E-state index in [1.165, 1.54) is 0 Å². The smallest absolute Gasteiger partial charge is 0.225 e. The summed E-state index contributed by atoms with van der Waals surface area (Å²) < 4.78 is 5.65. The highest BCUT2D eigenvalue weighted by Gasteiger charge is 2.37. The molecule has 2 aliphatic heterocycles. The van der Waals surface area contributed by atoms with E-state index < -0.39 is 0 Å². The first-order valence-corrected chi connectivity index (χ1v) is 11.2. The molecule has 3 fully saturated rings. The number of rotatable bonds is 7. The third-order valence-corrected chi connectivity index (χ3v) is 6.46. The van der Waals surface area contributed by atoms with Gasteiger partial charge in [0.15, 0.2) is 0 Å². The van der Waals surface area contributed by atoms with Crippen LogP contribution in [0.3, 0.4) is 0 Å². The summed E-state index contributed by atoms with van der Waals surface area (Å²) in [6.45, 7) is 4.69. The molecule has 2 saturated heterocycles. The molecule has 3 aliphatic rings. The largest absolute Gasteiger partial charge is 0.492 e. The number of nitrogens with one attached hydrogen (secondary N) is 1. The molecule has 29 heavy (non-hydrogen) atoms. The number of amides is 2. The van der Waals surface area contributed by atoms with Crippen molar-refractivity contribution in [1.82, 2.24) is 15.1 Å². The normalized spacial score (nSPS) is 23.6. The van der Waals surface area contributed by atoms with Crippen LogP contribution in [0.1, 0.15) is 38.5 Å². The van der Waals surface area contributed by atoms with E-state index in [-0.39, 0.29) is 11.8 Å². The highest BCUT2D eigenvalue weighted by molar-refractivity contribution is 5.81. The number of benzene rings is 1. The maximum absolute atomic E-state index is 12.6. The van der Waals surface area contributed by atoms with Crippen LogP contribution in [-0.4, -0.2) is 67.0 Å². The number of piperidine rings is 2. The van der Waals surface area contributed by atoms with Crippen molar-refractivity contribution in [3.05, 3.63) is 30.3 Å². The molecule has 0 spiro atoms. The number of hydrogen-bond acceptors (Lipinski definition) is 4. The van der Waals surface area contributed by atoms with Crippen molar-refractivity contribution >= 4 is 11.8 Å². The topological polar surface area (TPSA) is 61.9 Å². The monoisotopic (exact) mass is 399 g/mol.